The number of carbonyl (C=O) groups is 1. The molecule has 1 heterocycles. The minimum Gasteiger partial charge on any atom is -0.478 e. The van der Waals surface area contributed by atoms with Gasteiger partial charge in [0.05, 0.1) is 10.6 Å². The second-order valence-corrected chi connectivity index (χ2v) is 5.48. The van der Waals surface area contributed by atoms with Gasteiger partial charge in [-0.15, -0.1) is 0 Å². The fourth-order valence-corrected chi connectivity index (χ4v) is 2.80. The topological polar surface area (TPSA) is 40.5 Å². The van der Waals surface area contributed by atoms with Crippen molar-refractivity contribution < 1.29 is 14.3 Å². The van der Waals surface area contributed by atoms with Crippen molar-refractivity contribution in [2.24, 2.45) is 0 Å². The molecule has 1 N–H and O–H groups in total. The Morgan fingerprint density at radius 1 is 1.29 bits per heavy atom. The van der Waals surface area contributed by atoms with E-state index in [1.54, 1.807) is 24.3 Å². The second-order valence-electron chi connectivity index (χ2n) is 5.07. The monoisotopic (exact) mass is 305 g/mol. The molecule has 0 unspecified atom stereocenters. The van der Waals surface area contributed by atoms with E-state index in [9.17, 15) is 9.18 Å². The SMILES string of the molecule is O=C(O)c1ccc2c(c1)N(Cc1ccc(F)c(Cl)c1)CC2. The van der Waals surface area contributed by atoms with Crippen molar-refractivity contribution in [2.75, 3.05) is 11.4 Å². The largest absolute Gasteiger partial charge is 0.478 e. The second kappa shape index (κ2) is 5.37. The van der Waals surface area contributed by atoms with Crippen LogP contribution in [0.3, 0.4) is 0 Å². The van der Waals surface area contributed by atoms with Gasteiger partial charge in [0, 0.05) is 18.8 Å². The van der Waals surface area contributed by atoms with E-state index in [1.165, 1.54) is 6.07 Å². The first kappa shape index (κ1) is 13.9. The molecular weight excluding hydrogens is 293 g/mol. The highest BCUT2D eigenvalue weighted by atomic mass is 35.5. The Balaban J connectivity index is 1.88. The maximum absolute atomic E-state index is 13.2. The van der Waals surface area contributed by atoms with Gasteiger partial charge in [-0.25, -0.2) is 9.18 Å². The molecule has 0 saturated carbocycles. The van der Waals surface area contributed by atoms with Crippen molar-refractivity contribution in [1.82, 2.24) is 0 Å². The summed E-state index contributed by atoms with van der Waals surface area (Å²) in [5, 5.41) is 9.18. The molecule has 0 amide bonds. The van der Waals surface area contributed by atoms with Gasteiger partial charge in [0.1, 0.15) is 5.82 Å². The van der Waals surface area contributed by atoms with E-state index in [4.69, 9.17) is 16.7 Å². The maximum atomic E-state index is 13.2. The summed E-state index contributed by atoms with van der Waals surface area (Å²) in [6.07, 6.45) is 0.879. The molecule has 1 aliphatic heterocycles. The number of aromatic carboxylic acids is 1. The summed E-state index contributed by atoms with van der Waals surface area (Å²) in [6.45, 7) is 1.39. The third kappa shape index (κ3) is 2.72. The van der Waals surface area contributed by atoms with Crippen LogP contribution in [0.5, 0.6) is 0 Å². The molecule has 2 aromatic carbocycles. The first-order valence-electron chi connectivity index (χ1n) is 6.59. The number of rotatable bonds is 3. The number of hydrogen-bond donors (Lipinski definition) is 1. The Labute approximate surface area is 126 Å². The van der Waals surface area contributed by atoms with Gasteiger partial charge in [-0.1, -0.05) is 23.7 Å². The normalized spacial score (nSPS) is 13.3. The Hall–Kier alpha value is -2.07. The van der Waals surface area contributed by atoms with E-state index in [2.05, 4.69) is 4.90 Å². The standard InChI is InChI=1S/C16H13ClFNO2/c17-13-7-10(1-4-14(13)18)9-19-6-5-11-2-3-12(16(20)21)8-15(11)19/h1-4,7-8H,5-6,9H2,(H,20,21). The molecule has 2 aromatic rings. The number of carboxylic acid groups (broad SMARTS) is 1. The van der Waals surface area contributed by atoms with Crippen molar-refractivity contribution in [3.05, 3.63) is 63.9 Å². The van der Waals surface area contributed by atoms with E-state index in [1.807, 2.05) is 6.07 Å². The number of hydrogen-bond acceptors (Lipinski definition) is 2. The van der Waals surface area contributed by atoms with Gasteiger partial charge in [0.2, 0.25) is 0 Å². The fourth-order valence-electron chi connectivity index (χ4n) is 2.60. The smallest absolute Gasteiger partial charge is 0.335 e. The van der Waals surface area contributed by atoms with Crippen LogP contribution in [0, 0.1) is 5.82 Å². The fraction of sp³-hybridized carbons (Fsp3) is 0.188. The molecule has 0 atom stereocenters. The quantitative estimate of drug-likeness (QED) is 0.939. The summed E-state index contributed by atoms with van der Waals surface area (Å²) in [4.78, 5) is 13.2. The van der Waals surface area contributed by atoms with E-state index in [-0.39, 0.29) is 10.6 Å². The third-order valence-corrected chi connectivity index (χ3v) is 3.97. The molecule has 0 fully saturated rings. The van der Waals surface area contributed by atoms with Gasteiger partial charge in [-0.2, -0.15) is 0 Å². The van der Waals surface area contributed by atoms with E-state index < -0.39 is 11.8 Å². The summed E-state index contributed by atoms with van der Waals surface area (Å²) in [5.74, 6) is -1.37. The van der Waals surface area contributed by atoms with Crippen LogP contribution < -0.4 is 4.90 Å². The molecule has 108 valence electrons. The van der Waals surface area contributed by atoms with Crippen LogP contribution >= 0.6 is 11.6 Å². The van der Waals surface area contributed by atoms with E-state index >= 15 is 0 Å². The van der Waals surface area contributed by atoms with Crippen molar-refractivity contribution in [1.29, 1.82) is 0 Å². The number of benzene rings is 2. The first-order valence-corrected chi connectivity index (χ1v) is 6.97. The molecule has 0 saturated heterocycles. The molecule has 21 heavy (non-hydrogen) atoms. The van der Waals surface area contributed by atoms with Crippen LogP contribution in [0.2, 0.25) is 5.02 Å². The molecule has 5 heteroatoms. The lowest BCUT2D eigenvalue weighted by atomic mass is 10.1. The minimum absolute atomic E-state index is 0.103. The first-order chi connectivity index (χ1) is 10.0. The molecule has 0 spiro atoms. The van der Waals surface area contributed by atoms with Gasteiger partial charge in [-0.3, -0.25) is 0 Å². The molecule has 0 aromatic heterocycles. The minimum atomic E-state index is -0.936. The van der Waals surface area contributed by atoms with Crippen molar-refractivity contribution >= 4 is 23.3 Å². The van der Waals surface area contributed by atoms with Crippen LogP contribution in [0.15, 0.2) is 36.4 Å². The Kier molecular flexibility index (Phi) is 3.55. The number of anilines is 1. The van der Waals surface area contributed by atoms with Gasteiger partial charge in [0.15, 0.2) is 0 Å². The summed E-state index contributed by atoms with van der Waals surface area (Å²) in [7, 11) is 0. The summed E-state index contributed by atoms with van der Waals surface area (Å²) < 4.78 is 13.2. The molecule has 0 bridgehead atoms. The predicted octanol–water partition coefficient (Wildman–Crippen LogP) is 3.74. The summed E-state index contributed by atoms with van der Waals surface area (Å²) in [6, 6.07) is 9.82. The molecule has 0 aliphatic carbocycles. The van der Waals surface area contributed by atoms with Crippen molar-refractivity contribution in [3.8, 4) is 0 Å². The average Bonchev–Trinajstić information content (AvgIpc) is 2.85. The molecule has 3 rings (SSSR count). The third-order valence-electron chi connectivity index (χ3n) is 3.68. The van der Waals surface area contributed by atoms with E-state index in [0.29, 0.717) is 6.54 Å². The Morgan fingerprint density at radius 2 is 2.10 bits per heavy atom. The van der Waals surface area contributed by atoms with Crippen LogP contribution in [-0.2, 0) is 13.0 Å². The average molecular weight is 306 g/mol. The van der Waals surface area contributed by atoms with Gasteiger partial charge in [0.25, 0.3) is 0 Å². The lowest BCUT2D eigenvalue weighted by molar-refractivity contribution is 0.0697. The van der Waals surface area contributed by atoms with Crippen LogP contribution in [-0.4, -0.2) is 17.6 Å². The van der Waals surface area contributed by atoms with Gasteiger partial charge >= 0.3 is 5.97 Å². The van der Waals surface area contributed by atoms with Gasteiger partial charge in [-0.05, 0) is 41.8 Å². The number of fused-ring (bicyclic) bond motifs is 1. The molecular formula is C16H13ClFNO2. The lowest BCUT2D eigenvalue weighted by Crippen LogP contribution is -2.20. The van der Waals surface area contributed by atoms with Gasteiger partial charge < -0.3 is 10.0 Å². The highest BCUT2D eigenvalue weighted by molar-refractivity contribution is 6.30. The van der Waals surface area contributed by atoms with E-state index in [0.717, 1.165) is 29.8 Å². The van der Waals surface area contributed by atoms with Crippen molar-refractivity contribution in [3.63, 3.8) is 0 Å². The molecule has 0 radical (unpaired) electrons. The zero-order valence-electron chi connectivity index (χ0n) is 11.1. The Bertz CT molecular complexity index is 717. The number of halogens is 2. The zero-order valence-corrected chi connectivity index (χ0v) is 11.9. The van der Waals surface area contributed by atoms with Crippen molar-refractivity contribution in [2.45, 2.75) is 13.0 Å². The highest BCUT2D eigenvalue weighted by Gasteiger charge is 2.21. The Morgan fingerprint density at radius 3 is 2.81 bits per heavy atom. The molecule has 1 aliphatic rings. The number of nitrogens with zero attached hydrogens (tertiary/aromatic N) is 1. The number of carboxylic acids is 1. The summed E-state index contributed by atoms with van der Waals surface area (Å²) in [5.41, 5.74) is 3.23. The van der Waals surface area contributed by atoms with Crippen LogP contribution in [0.1, 0.15) is 21.5 Å². The zero-order chi connectivity index (χ0) is 15.0. The maximum Gasteiger partial charge on any atom is 0.335 e. The highest BCUT2D eigenvalue weighted by Crippen LogP contribution is 2.31. The summed E-state index contributed by atoms with van der Waals surface area (Å²) >= 11 is 5.80. The molecule has 3 nitrogen and oxygen atoms in total. The predicted molar refractivity (Wildman–Crippen MR) is 79.6 cm³/mol. The van der Waals surface area contributed by atoms with Crippen LogP contribution in [0.4, 0.5) is 10.1 Å². The lowest BCUT2D eigenvalue weighted by Gasteiger charge is -2.20. The van der Waals surface area contributed by atoms with Crippen LogP contribution in [0.25, 0.3) is 0 Å².